The standard InChI is InChI=1S/C22H26N2O4S/c1-16(28-19-9-3-2-4-10-19)22(25)24-14-13-17-15-20(11-12-21(17)24)29(26,27)23-18-7-5-6-8-18/h2-4,9-12,15-16,18,23H,5-8,13-14H2,1H3/t16-/m1/s1. The average molecular weight is 415 g/mol. The Balaban J connectivity index is 1.48. The fourth-order valence-corrected chi connectivity index (χ4v) is 5.43. The Hall–Kier alpha value is -2.38. The van der Waals surface area contributed by atoms with Crippen LogP contribution in [-0.2, 0) is 21.2 Å². The van der Waals surface area contributed by atoms with Crippen molar-refractivity contribution in [2.45, 2.75) is 56.1 Å². The van der Waals surface area contributed by atoms with Gasteiger partial charge in [0.1, 0.15) is 5.75 Å². The van der Waals surface area contributed by atoms with Crippen molar-refractivity contribution in [3.05, 3.63) is 54.1 Å². The molecule has 0 aromatic heterocycles. The van der Waals surface area contributed by atoms with Crippen molar-refractivity contribution in [3.8, 4) is 5.75 Å². The summed E-state index contributed by atoms with van der Waals surface area (Å²) in [5, 5.41) is 0. The molecule has 7 heteroatoms. The summed E-state index contributed by atoms with van der Waals surface area (Å²) in [7, 11) is -3.54. The highest BCUT2D eigenvalue weighted by Crippen LogP contribution is 2.31. The van der Waals surface area contributed by atoms with Gasteiger partial charge in [0, 0.05) is 18.3 Å². The van der Waals surface area contributed by atoms with Crippen molar-refractivity contribution < 1.29 is 17.9 Å². The summed E-state index contributed by atoms with van der Waals surface area (Å²) >= 11 is 0. The largest absolute Gasteiger partial charge is 0.481 e. The maximum Gasteiger partial charge on any atom is 0.267 e. The molecule has 0 bridgehead atoms. The van der Waals surface area contributed by atoms with Gasteiger partial charge in [-0.15, -0.1) is 0 Å². The number of anilines is 1. The van der Waals surface area contributed by atoms with E-state index in [0.29, 0.717) is 18.7 Å². The van der Waals surface area contributed by atoms with Crippen LogP contribution < -0.4 is 14.4 Å². The van der Waals surface area contributed by atoms with Gasteiger partial charge >= 0.3 is 0 Å². The minimum absolute atomic E-state index is 0.0299. The fourth-order valence-electron chi connectivity index (χ4n) is 4.08. The fraction of sp³-hybridized carbons (Fsp3) is 0.409. The highest BCUT2D eigenvalue weighted by Gasteiger charge is 2.31. The molecule has 1 amide bonds. The van der Waals surface area contributed by atoms with Gasteiger partial charge in [0.05, 0.1) is 4.90 Å². The Morgan fingerprint density at radius 3 is 2.59 bits per heavy atom. The molecule has 0 unspecified atom stereocenters. The average Bonchev–Trinajstić information content (AvgIpc) is 3.37. The minimum Gasteiger partial charge on any atom is -0.481 e. The van der Waals surface area contributed by atoms with Gasteiger partial charge in [-0.25, -0.2) is 13.1 Å². The van der Waals surface area contributed by atoms with Gasteiger partial charge in [0.2, 0.25) is 10.0 Å². The molecular weight excluding hydrogens is 388 g/mol. The molecule has 29 heavy (non-hydrogen) atoms. The molecule has 6 nitrogen and oxygen atoms in total. The molecule has 1 fully saturated rings. The quantitative estimate of drug-likeness (QED) is 0.787. The normalized spacial score (nSPS) is 17.9. The lowest BCUT2D eigenvalue weighted by Gasteiger charge is -2.22. The van der Waals surface area contributed by atoms with Crippen molar-refractivity contribution in [2.75, 3.05) is 11.4 Å². The van der Waals surface area contributed by atoms with Crippen LogP contribution in [0.4, 0.5) is 5.69 Å². The summed E-state index contributed by atoms with van der Waals surface area (Å²) in [4.78, 5) is 14.8. The van der Waals surface area contributed by atoms with Gasteiger partial charge < -0.3 is 9.64 Å². The van der Waals surface area contributed by atoms with Crippen molar-refractivity contribution in [1.82, 2.24) is 4.72 Å². The van der Waals surface area contributed by atoms with Gasteiger partial charge in [-0.2, -0.15) is 0 Å². The molecule has 1 aliphatic carbocycles. The lowest BCUT2D eigenvalue weighted by molar-refractivity contribution is -0.124. The first-order valence-electron chi connectivity index (χ1n) is 10.1. The first-order chi connectivity index (χ1) is 13.9. The molecule has 0 radical (unpaired) electrons. The van der Waals surface area contributed by atoms with Crippen LogP contribution in [0.5, 0.6) is 5.75 Å². The summed E-state index contributed by atoms with van der Waals surface area (Å²) in [6, 6.07) is 14.3. The summed E-state index contributed by atoms with van der Waals surface area (Å²) in [6.45, 7) is 2.26. The van der Waals surface area contributed by atoms with E-state index < -0.39 is 16.1 Å². The second kappa shape index (κ2) is 8.16. The maximum atomic E-state index is 12.9. The lowest BCUT2D eigenvalue weighted by Crippen LogP contribution is -2.39. The third-order valence-electron chi connectivity index (χ3n) is 5.60. The number of para-hydroxylation sites is 1. The van der Waals surface area contributed by atoms with E-state index in [2.05, 4.69) is 4.72 Å². The summed E-state index contributed by atoms with van der Waals surface area (Å²) < 4.78 is 34.0. The molecule has 2 aromatic carbocycles. The molecule has 1 atom stereocenters. The molecular formula is C22H26N2O4S. The van der Waals surface area contributed by atoms with E-state index in [-0.39, 0.29) is 16.8 Å². The van der Waals surface area contributed by atoms with Gasteiger partial charge in [-0.1, -0.05) is 31.0 Å². The van der Waals surface area contributed by atoms with Crippen LogP contribution in [0.25, 0.3) is 0 Å². The second-order valence-corrected chi connectivity index (χ2v) is 9.42. The Labute approximate surface area is 171 Å². The number of rotatable bonds is 6. The molecule has 154 valence electrons. The Bertz CT molecular complexity index is 985. The summed E-state index contributed by atoms with van der Waals surface area (Å²) in [5.41, 5.74) is 1.64. The zero-order chi connectivity index (χ0) is 20.4. The van der Waals surface area contributed by atoms with Gasteiger partial charge in [-0.3, -0.25) is 4.79 Å². The van der Waals surface area contributed by atoms with E-state index in [1.165, 1.54) is 0 Å². The molecule has 0 saturated heterocycles. The smallest absolute Gasteiger partial charge is 0.267 e. The van der Waals surface area contributed by atoms with Crippen LogP contribution in [0, 0.1) is 0 Å². The number of carbonyl (C=O) groups is 1. The molecule has 1 heterocycles. The molecule has 1 saturated carbocycles. The number of hydrogen-bond donors (Lipinski definition) is 1. The number of sulfonamides is 1. The van der Waals surface area contributed by atoms with Crippen LogP contribution in [0.3, 0.4) is 0 Å². The SMILES string of the molecule is C[C@@H](Oc1ccccc1)C(=O)N1CCc2cc(S(=O)(=O)NC3CCCC3)ccc21. The van der Waals surface area contributed by atoms with Crippen molar-refractivity contribution >= 4 is 21.6 Å². The van der Waals surface area contributed by atoms with Gasteiger partial charge in [0.15, 0.2) is 6.10 Å². The topological polar surface area (TPSA) is 75.7 Å². The molecule has 0 spiro atoms. The van der Waals surface area contributed by atoms with Crippen LogP contribution >= 0.6 is 0 Å². The Morgan fingerprint density at radius 2 is 1.86 bits per heavy atom. The van der Waals surface area contributed by atoms with Crippen LogP contribution in [-0.4, -0.2) is 33.0 Å². The Morgan fingerprint density at radius 1 is 1.14 bits per heavy atom. The zero-order valence-corrected chi connectivity index (χ0v) is 17.3. The predicted octanol–water partition coefficient (Wildman–Crippen LogP) is 3.26. The highest BCUT2D eigenvalue weighted by molar-refractivity contribution is 7.89. The molecule has 2 aliphatic rings. The zero-order valence-electron chi connectivity index (χ0n) is 16.5. The Kier molecular flexibility index (Phi) is 5.61. The number of hydrogen-bond acceptors (Lipinski definition) is 4. The van der Waals surface area contributed by atoms with Gasteiger partial charge in [0.25, 0.3) is 5.91 Å². The van der Waals surface area contributed by atoms with Crippen LogP contribution in [0.2, 0.25) is 0 Å². The first kappa shape index (κ1) is 19.9. The molecule has 2 aromatic rings. The number of benzene rings is 2. The third kappa shape index (κ3) is 4.31. The minimum atomic E-state index is -3.54. The predicted molar refractivity (Wildman–Crippen MR) is 112 cm³/mol. The van der Waals surface area contributed by atoms with E-state index in [0.717, 1.165) is 36.9 Å². The van der Waals surface area contributed by atoms with E-state index in [1.54, 1.807) is 30.0 Å². The molecule has 1 N–H and O–H groups in total. The van der Waals surface area contributed by atoms with Gasteiger partial charge in [-0.05, 0) is 62.1 Å². The number of nitrogens with zero attached hydrogens (tertiary/aromatic N) is 1. The highest BCUT2D eigenvalue weighted by atomic mass is 32.2. The number of nitrogens with one attached hydrogen (secondary N) is 1. The summed E-state index contributed by atoms with van der Waals surface area (Å²) in [5.74, 6) is 0.513. The number of amides is 1. The molecule has 1 aliphatic heterocycles. The maximum absolute atomic E-state index is 12.9. The van der Waals surface area contributed by atoms with E-state index in [1.807, 2.05) is 30.3 Å². The van der Waals surface area contributed by atoms with Crippen molar-refractivity contribution in [1.29, 1.82) is 0 Å². The number of fused-ring (bicyclic) bond motifs is 1. The van der Waals surface area contributed by atoms with Crippen molar-refractivity contribution in [2.24, 2.45) is 0 Å². The third-order valence-corrected chi connectivity index (χ3v) is 7.12. The van der Waals surface area contributed by atoms with E-state index in [4.69, 9.17) is 4.74 Å². The first-order valence-corrected chi connectivity index (χ1v) is 11.6. The second-order valence-electron chi connectivity index (χ2n) is 7.71. The van der Waals surface area contributed by atoms with E-state index in [9.17, 15) is 13.2 Å². The monoisotopic (exact) mass is 414 g/mol. The number of carbonyl (C=O) groups excluding carboxylic acids is 1. The van der Waals surface area contributed by atoms with Crippen LogP contribution in [0.1, 0.15) is 38.2 Å². The molecule has 4 rings (SSSR count). The van der Waals surface area contributed by atoms with E-state index >= 15 is 0 Å². The number of ether oxygens (including phenoxy) is 1. The summed E-state index contributed by atoms with van der Waals surface area (Å²) in [6.07, 6.45) is 3.93. The lowest BCUT2D eigenvalue weighted by atomic mass is 10.2. The van der Waals surface area contributed by atoms with Crippen molar-refractivity contribution in [3.63, 3.8) is 0 Å². The van der Waals surface area contributed by atoms with Crippen LogP contribution in [0.15, 0.2) is 53.4 Å².